The van der Waals surface area contributed by atoms with Gasteiger partial charge in [0.2, 0.25) is 5.91 Å². The number of hydrogen-bond donors (Lipinski definition) is 3. The highest BCUT2D eigenvalue weighted by molar-refractivity contribution is 7.10. The summed E-state index contributed by atoms with van der Waals surface area (Å²) >= 11 is 1.43. The Bertz CT molecular complexity index is 606. The molecule has 0 aliphatic rings. The van der Waals surface area contributed by atoms with Gasteiger partial charge in [-0.25, -0.2) is 0 Å². The predicted molar refractivity (Wildman–Crippen MR) is 82.6 cm³/mol. The molecule has 0 aliphatic heterocycles. The predicted octanol–water partition coefficient (Wildman–Crippen LogP) is 1.48. The third-order valence-electron chi connectivity index (χ3n) is 3.06. The minimum atomic E-state index is -1.10. The Morgan fingerprint density at radius 2 is 2.14 bits per heavy atom. The van der Waals surface area contributed by atoms with E-state index in [2.05, 4.69) is 10.6 Å². The van der Waals surface area contributed by atoms with Crippen LogP contribution in [0.25, 0.3) is 0 Å². The number of carbonyl (C=O) groups is 2. The van der Waals surface area contributed by atoms with E-state index < -0.39 is 5.60 Å². The number of rotatable bonds is 7. The van der Waals surface area contributed by atoms with Crippen LogP contribution in [0.3, 0.4) is 0 Å². The van der Waals surface area contributed by atoms with E-state index in [0.717, 1.165) is 4.88 Å². The van der Waals surface area contributed by atoms with Crippen LogP contribution in [0.15, 0.2) is 40.3 Å². The van der Waals surface area contributed by atoms with Gasteiger partial charge in [0.05, 0.1) is 12.8 Å². The molecule has 2 aromatic heterocycles. The van der Waals surface area contributed by atoms with E-state index in [1.165, 1.54) is 17.6 Å². The van der Waals surface area contributed by atoms with E-state index in [1.807, 2.05) is 17.5 Å². The molecule has 1 unspecified atom stereocenters. The summed E-state index contributed by atoms with van der Waals surface area (Å²) in [4.78, 5) is 24.1. The molecular weight excluding hydrogens is 304 g/mol. The summed E-state index contributed by atoms with van der Waals surface area (Å²) in [6.07, 6.45) is 1.54. The molecule has 118 valence electrons. The lowest BCUT2D eigenvalue weighted by molar-refractivity contribution is -0.122. The van der Waals surface area contributed by atoms with Crippen molar-refractivity contribution >= 4 is 23.2 Å². The largest absolute Gasteiger partial charge is 0.459 e. The first-order chi connectivity index (χ1) is 10.5. The number of nitrogens with one attached hydrogen (secondary N) is 2. The van der Waals surface area contributed by atoms with Gasteiger partial charge < -0.3 is 20.2 Å². The Hall–Kier alpha value is -2.12. The second-order valence-electron chi connectivity index (χ2n) is 5.01. The van der Waals surface area contributed by atoms with Crippen molar-refractivity contribution in [2.45, 2.75) is 18.9 Å². The molecule has 6 nitrogen and oxygen atoms in total. The average Bonchev–Trinajstić information content (AvgIpc) is 3.17. The maximum absolute atomic E-state index is 11.7. The van der Waals surface area contributed by atoms with E-state index in [-0.39, 0.29) is 37.1 Å². The SMILES string of the molecule is CC(O)(CNC(=O)CCNC(=O)c1ccco1)c1cccs1. The summed E-state index contributed by atoms with van der Waals surface area (Å²) in [5, 5.41) is 17.4. The monoisotopic (exact) mass is 322 g/mol. The maximum atomic E-state index is 11.7. The molecule has 1 atom stereocenters. The summed E-state index contributed by atoms with van der Waals surface area (Å²) < 4.78 is 4.94. The first kappa shape index (κ1) is 16.3. The summed E-state index contributed by atoms with van der Waals surface area (Å²) in [6, 6.07) is 6.84. The minimum absolute atomic E-state index is 0.123. The number of amides is 2. The lowest BCUT2D eigenvalue weighted by atomic mass is 10.1. The second-order valence-corrected chi connectivity index (χ2v) is 5.96. The van der Waals surface area contributed by atoms with Gasteiger partial charge >= 0.3 is 0 Å². The molecule has 2 amide bonds. The van der Waals surface area contributed by atoms with Crippen LogP contribution in [0.4, 0.5) is 0 Å². The Morgan fingerprint density at radius 3 is 2.77 bits per heavy atom. The number of furan rings is 1. The zero-order valence-corrected chi connectivity index (χ0v) is 13.0. The molecule has 2 rings (SSSR count). The molecule has 3 N–H and O–H groups in total. The zero-order chi connectivity index (χ0) is 16.0. The Labute approximate surface area is 132 Å². The molecule has 2 aromatic rings. The van der Waals surface area contributed by atoms with Crippen LogP contribution >= 0.6 is 11.3 Å². The molecule has 0 saturated carbocycles. The van der Waals surface area contributed by atoms with Crippen molar-refractivity contribution in [2.24, 2.45) is 0 Å². The Balaban J connectivity index is 1.69. The molecule has 22 heavy (non-hydrogen) atoms. The van der Waals surface area contributed by atoms with Gasteiger partial charge in [0.1, 0.15) is 5.60 Å². The van der Waals surface area contributed by atoms with Crippen LogP contribution in [0.5, 0.6) is 0 Å². The number of aliphatic hydroxyl groups is 1. The van der Waals surface area contributed by atoms with Gasteiger partial charge in [-0.15, -0.1) is 11.3 Å². The first-order valence-electron chi connectivity index (χ1n) is 6.84. The van der Waals surface area contributed by atoms with E-state index in [1.54, 1.807) is 19.1 Å². The van der Waals surface area contributed by atoms with E-state index in [4.69, 9.17) is 4.42 Å². The summed E-state index contributed by atoms with van der Waals surface area (Å²) in [7, 11) is 0. The van der Waals surface area contributed by atoms with Crippen LogP contribution in [0.1, 0.15) is 28.8 Å². The molecular formula is C15H18N2O4S. The molecule has 0 bridgehead atoms. The standard InChI is InChI=1S/C15H18N2O4S/c1-15(20,12-5-3-9-22-12)10-17-13(18)6-7-16-14(19)11-4-2-8-21-11/h2-5,8-9,20H,6-7,10H2,1H3,(H,16,19)(H,17,18). The average molecular weight is 322 g/mol. The van der Waals surface area contributed by atoms with Gasteiger partial charge in [0.25, 0.3) is 5.91 Å². The van der Waals surface area contributed by atoms with Crippen molar-refractivity contribution in [1.29, 1.82) is 0 Å². The fourth-order valence-corrected chi connectivity index (χ4v) is 2.60. The van der Waals surface area contributed by atoms with Gasteiger partial charge in [0.15, 0.2) is 5.76 Å². The molecule has 0 aliphatic carbocycles. The molecule has 7 heteroatoms. The summed E-state index contributed by atoms with van der Waals surface area (Å²) in [5.74, 6) is -0.388. The third-order valence-corrected chi connectivity index (χ3v) is 4.19. The van der Waals surface area contributed by atoms with E-state index >= 15 is 0 Å². The topological polar surface area (TPSA) is 91.6 Å². The fraction of sp³-hybridized carbons (Fsp3) is 0.333. The van der Waals surface area contributed by atoms with Gasteiger partial charge in [0, 0.05) is 17.8 Å². The zero-order valence-electron chi connectivity index (χ0n) is 12.2. The van der Waals surface area contributed by atoms with Crippen LogP contribution in [-0.4, -0.2) is 30.0 Å². The number of carbonyl (C=O) groups excluding carboxylic acids is 2. The van der Waals surface area contributed by atoms with Crippen LogP contribution in [0, 0.1) is 0 Å². The lowest BCUT2D eigenvalue weighted by Gasteiger charge is -2.22. The quantitative estimate of drug-likeness (QED) is 0.720. The number of thiophene rings is 1. The Morgan fingerprint density at radius 1 is 1.32 bits per heavy atom. The lowest BCUT2D eigenvalue weighted by Crippen LogP contribution is -2.39. The van der Waals surface area contributed by atoms with Crippen molar-refractivity contribution < 1.29 is 19.1 Å². The number of hydrogen-bond acceptors (Lipinski definition) is 5. The molecule has 0 fully saturated rings. The molecule has 2 heterocycles. The van der Waals surface area contributed by atoms with Gasteiger partial charge in [-0.2, -0.15) is 0 Å². The normalized spacial score (nSPS) is 13.4. The molecule has 0 aromatic carbocycles. The van der Waals surface area contributed by atoms with Crippen molar-refractivity contribution in [2.75, 3.05) is 13.1 Å². The Kier molecular flexibility index (Phi) is 5.35. The van der Waals surface area contributed by atoms with E-state index in [9.17, 15) is 14.7 Å². The van der Waals surface area contributed by atoms with Crippen LogP contribution in [0.2, 0.25) is 0 Å². The molecule has 0 spiro atoms. The van der Waals surface area contributed by atoms with Gasteiger partial charge in [-0.3, -0.25) is 9.59 Å². The highest BCUT2D eigenvalue weighted by Crippen LogP contribution is 2.24. The van der Waals surface area contributed by atoms with Crippen molar-refractivity contribution in [1.82, 2.24) is 10.6 Å². The summed E-state index contributed by atoms with van der Waals surface area (Å²) in [6.45, 7) is 1.97. The highest BCUT2D eigenvalue weighted by Gasteiger charge is 2.24. The van der Waals surface area contributed by atoms with Crippen molar-refractivity contribution in [3.63, 3.8) is 0 Å². The fourth-order valence-electron chi connectivity index (χ4n) is 1.82. The maximum Gasteiger partial charge on any atom is 0.286 e. The first-order valence-corrected chi connectivity index (χ1v) is 7.72. The third kappa shape index (κ3) is 4.44. The van der Waals surface area contributed by atoms with Gasteiger partial charge in [-0.1, -0.05) is 6.07 Å². The van der Waals surface area contributed by atoms with Crippen molar-refractivity contribution in [3.8, 4) is 0 Å². The van der Waals surface area contributed by atoms with Gasteiger partial charge in [-0.05, 0) is 30.5 Å². The molecule has 0 saturated heterocycles. The van der Waals surface area contributed by atoms with Crippen LogP contribution in [-0.2, 0) is 10.4 Å². The van der Waals surface area contributed by atoms with Crippen molar-refractivity contribution in [3.05, 3.63) is 46.5 Å². The second kappa shape index (κ2) is 7.24. The molecule has 0 radical (unpaired) electrons. The summed E-state index contributed by atoms with van der Waals surface area (Å²) in [5.41, 5.74) is -1.10. The minimum Gasteiger partial charge on any atom is -0.459 e. The van der Waals surface area contributed by atoms with E-state index in [0.29, 0.717) is 0 Å². The van der Waals surface area contributed by atoms with Crippen LogP contribution < -0.4 is 10.6 Å². The highest BCUT2D eigenvalue weighted by atomic mass is 32.1. The smallest absolute Gasteiger partial charge is 0.286 e.